The van der Waals surface area contributed by atoms with Crippen molar-refractivity contribution in [2.45, 2.75) is 31.7 Å². The maximum absolute atomic E-state index is 13.6. The number of carbonyl (C=O) groups excluding carboxylic acids is 1. The topological polar surface area (TPSA) is 29.1 Å². The number of hydrogen-bond acceptors (Lipinski definition) is 1. The first-order valence-corrected chi connectivity index (χ1v) is 6.70. The Kier molecular flexibility index (Phi) is 4.05. The van der Waals surface area contributed by atoms with E-state index in [1.54, 1.807) is 0 Å². The number of carbonyl (C=O) groups is 1. The Labute approximate surface area is 113 Å². The largest absolute Gasteiger partial charge is 0.349 e. The van der Waals surface area contributed by atoms with Crippen LogP contribution >= 0.6 is 27.5 Å². The van der Waals surface area contributed by atoms with Crippen LogP contribution in [0.1, 0.15) is 36.0 Å². The lowest BCUT2D eigenvalue weighted by Crippen LogP contribution is -2.33. The zero-order valence-electron chi connectivity index (χ0n) is 9.10. The lowest BCUT2D eigenvalue weighted by molar-refractivity contribution is 0.0934. The quantitative estimate of drug-likeness (QED) is 0.822. The molecule has 5 heteroatoms. The van der Waals surface area contributed by atoms with Crippen LogP contribution in [0.4, 0.5) is 4.39 Å². The van der Waals surface area contributed by atoms with Crippen molar-refractivity contribution < 1.29 is 9.18 Å². The zero-order valence-corrected chi connectivity index (χ0v) is 11.4. The van der Waals surface area contributed by atoms with Crippen LogP contribution in [0.2, 0.25) is 5.02 Å². The summed E-state index contributed by atoms with van der Waals surface area (Å²) in [6.07, 6.45) is 4.19. The number of halogens is 3. The molecule has 0 aromatic heterocycles. The molecule has 2 nitrogen and oxygen atoms in total. The molecule has 0 atom stereocenters. The first kappa shape index (κ1) is 12.8. The maximum Gasteiger partial charge on any atom is 0.254 e. The molecule has 1 amide bonds. The van der Waals surface area contributed by atoms with Gasteiger partial charge in [-0.1, -0.05) is 24.4 Å². The molecule has 1 aliphatic rings. The van der Waals surface area contributed by atoms with E-state index in [9.17, 15) is 9.18 Å². The molecule has 1 aromatic rings. The van der Waals surface area contributed by atoms with Gasteiger partial charge in [0.1, 0.15) is 5.82 Å². The molecule has 0 unspecified atom stereocenters. The summed E-state index contributed by atoms with van der Waals surface area (Å²) in [6.45, 7) is 0. The van der Waals surface area contributed by atoms with Crippen LogP contribution in [0.5, 0.6) is 0 Å². The highest BCUT2D eigenvalue weighted by atomic mass is 79.9. The lowest BCUT2D eigenvalue weighted by atomic mass is 10.1. The van der Waals surface area contributed by atoms with Gasteiger partial charge in [0.05, 0.1) is 10.6 Å². The van der Waals surface area contributed by atoms with Crippen LogP contribution < -0.4 is 5.32 Å². The summed E-state index contributed by atoms with van der Waals surface area (Å²) >= 11 is 8.92. The molecule has 1 saturated carbocycles. The third kappa shape index (κ3) is 2.99. The molecular formula is C12H12BrClFNO. The number of amides is 1. The zero-order chi connectivity index (χ0) is 12.4. The standard InChI is InChI=1S/C12H12BrClFNO/c13-9-5-8(11(15)6-10(9)14)12(17)16-7-3-1-2-4-7/h5-7H,1-4H2,(H,16,17). The van der Waals surface area contributed by atoms with Crippen molar-refractivity contribution >= 4 is 33.4 Å². The molecule has 2 rings (SSSR count). The molecule has 0 aliphatic heterocycles. The van der Waals surface area contributed by atoms with Crippen molar-refractivity contribution in [3.63, 3.8) is 0 Å². The average Bonchev–Trinajstić information content (AvgIpc) is 2.76. The van der Waals surface area contributed by atoms with E-state index in [4.69, 9.17) is 11.6 Å². The second-order valence-electron chi connectivity index (χ2n) is 4.20. The van der Waals surface area contributed by atoms with E-state index in [2.05, 4.69) is 21.2 Å². The van der Waals surface area contributed by atoms with E-state index in [0.717, 1.165) is 31.7 Å². The molecule has 1 fully saturated rings. The summed E-state index contributed by atoms with van der Waals surface area (Å²) in [5, 5.41) is 3.10. The number of benzene rings is 1. The van der Waals surface area contributed by atoms with Gasteiger partial charge >= 0.3 is 0 Å². The first-order valence-electron chi connectivity index (χ1n) is 5.53. The van der Waals surface area contributed by atoms with Crippen molar-refractivity contribution in [2.24, 2.45) is 0 Å². The van der Waals surface area contributed by atoms with E-state index in [1.807, 2.05) is 0 Å². The van der Waals surface area contributed by atoms with Crippen LogP contribution in [0, 0.1) is 5.82 Å². The van der Waals surface area contributed by atoms with Gasteiger partial charge in [-0.05, 0) is 40.9 Å². The second kappa shape index (κ2) is 5.36. The average molecular weight is 321 g/mol. The monoisotopic (exact) mass is 319 g/mol. The molecule has 0 bridgehead atoms. The Morgan fingerprint density at radius 3 is 2.71 bits per heavy atom. The van der Waals surface area contributed by atoms with Gasteiger partial charge in [0, 0.05) is 10.5 Å². The Bertz CT molecular complexity index is 446. The van der Waals surface area contributed by atoms with Gasteiger partial charge in [0.25, 0.3) is 5.91 Å². The molecule has 1 aliphatic carbocycles. The van der Waals surface area contributed by atoms with Crippen LogP contribution in [-0.2, 0) is 0 Å². The SMILES string of the molecule is O=C(NC1CCCC1)c1cc(Br)c(Cl)cc1F. The fourth-order valence-corrected chi connectivity index (χ4v) is 2.52. The number of nitrogens with one attached hydrogen (secondary N) is 1. The predicted molar refractivity (Wildman–Crippen MR) is 68.8 cm³/mol. The fourth-order valence-electron chi connectivity index (χ4n) is 2.03. The fraction of sp³-hybridized carbons (Fsp3) is 0.417. The highest BCUT2D eigenvalue weighted by Gasteiger charge is 2.20. The molecule has 17 heavy (non-hydrogen) atoms. The van der Waals surface area contributed by atoms with Crippen molar-refractivity contribution in [3.8, 4) is 0 Å². The molecule has 92 valence electrons. The molecule has 0 radical (unpaired) electrons. The smallest absolute Gasteiger partial charge is 0.254 e. The third-order valence-electron chi connectivity index (χ3n) is 2.94. The Balaban J connectivity index is 2.15. The van der Waals surface area contributed by atoms with Gasteiger partial charge < -0.3 is 5.32 Å². The minimum Gasteiger partial charge on any atom is -0.349 e. The van der Waals surface area contributed by atoms with Crippen LogP contribution in [0.25, 0.3) is 0 Å². The van der Waals surface area contributed by atoms with Gasteiger partial charge in [-0.15, -0.1) is 0 Å². The van der Waals surface area contributed by atoms with Gasteiger partial charge in [0.15, 0.2) is 0 Å². The summed E-state index contributed by atoms with van der Waals surface area (Å²) in [7, 11) is 0. The minimum atomic E-state index is -0.589. The summed E-state index contributed by atoms with van der Waals surface area (Å²) in [5.74, 6) is -0.958. The van der Waals surface area contributed by atoms with Gasteiger partial charge in [0.2, 0.25) is 0 Å². The maximum atomic E-state index is 13.6. The second-order valence-corrected chi connectivity index (χ2v) is 5.46. The highest BCUT2D eigenvalue weighted by molar-refractivity contribution is 9.10. The summed E-state index contributed by atoms with van der Waals surface area (Å²) in [6, 6.07) is 2.74. The van der Waals surface area contributed by atoms with E-state index in [0.29, 0.717) is 4.47 Å². The van der Waals surface area contributed by atoms with E-state index < -0.39 is 5.82 Å². The molecule has 0 saturated heterocycles. The van der Waals surface area contributed by atoms with Crippen LogP contribution in [-0.4, -0.2) is 11.9 Å². The summed E-state index contributed by atoms with van der Waals surface area (Å²) in [4.78, 5) is 11.9. The van der Waals surface area contributed by atoms with Crippen molar-refractivity contribution in [1.29, 1.82) is 0 Å². The van der Waals surface area contributed by atoms with Gasteiger partial charge in [-0.25, -0.2) is 4.39 Å². The normalized spacial score (nSPS) is 16.2. The Morgan fingerprint density at radius 2 is 2.06 bits per heavy atom. The third-order valence-corrected chi connectivity index (χ3v) is 4.14. The van der Waals surface area contributed by atoms with Gasteiger partial charge in [-0.3, -0.25) is 4.79 Å². The van der Waals surface area contributed by atoms with Gasteiger partial charge in [-0.2, -0.15) is 0 Å². The van der Waals surface area contributed by atoms with E-state index in [-0.39, 0.29) is 22.5 Å². The van der Waals surface area contributed by atoms with Crippen LogP contribution in [0.15, 0.2) is 16.6 Å². The van der Waals surface area contributed by atoms with E-state index >= 15 is 0 Å². The van der Waals surface area contributed by atoms with E-state index in [1.165, 1.54) is 6.07 Å². The molecule has 0 spiro atoms. The van der Waals surface area contributed by atoms with Crippen molar-refractivity contribution in [2.75, 3.05) is 0 Å². The van der Waals surface area contributed by atoms with Crippen molar-refractivity contribution in [1.82, 2.24) is 5.32 Å². The van der Waals surface area contributed by atoms with Crippen LogP contribution in [0.3, 0.4) is 0 Å². The number of rotatable bonds is 2. The minimum absolute atomic E-state index is 0.0353. The molecule has 0 heterocycles. The Morgan fingerprint density at radius 1 is 1.41 bits per heavy atom. The lowest BCUT2D eigenvalue weighted by Gasteiger charge is -2.12. The van der Waals surface area contributed by atoms with Crippen molar-refractivity contribution in [3.05, 3.63) is 33.0 Å². The molecular weight excluding hydrogens is 308 g/mol. The predicted octanol–water partition coefficient (Wildman–Crippen LogP) is 3.91. The highest BCUT2D eigenvalue weighted by Crippen LogP contribution is 2.26. The molecule has 1 aromatic carbocycles. The Hall–Kier alpha value is -0.610. The first-order chi connectivity index (χ1) is 8.08. The summed E-state index contributed by atoms with van der Waals surface area (Å²) in [5.41, 5.74) is 0.0353. The number of hydrogen-bond donors (Lipinski definition) is 1. The summed E-state index contributed by atoms with van der Waals surface area (Å²) < 4.78 is 14.1. The molecule has 1 N–H and O–H groups in total.